The Morgan fingerprint density at radius 2 is 1.93 bits per heavy atom. The number of hydrogen-bond acceptors (Lipinski definition) is 6. The number of hydrogen-bond donors (Lipinski definition) is 3. The molecular weight excluding hydrogens is 362 g/mol. The van der Waals surface area contributed by atoms with Gasteiger partial charge in [-0.2, -0.15) is 0 Å². The highest BCUT2D eigenvalue weighted by Crippen LogP contribution is 2.18. The standard InChI is InChI=1S/C19H27N5O4/c1-4-6-11-24-17(20)16(18(26)22-19(24)27)23(5-2)12-15(25)21-13-7-9-14(28-3)10-8-13/h7-10H,4-6,11-12,20H2,1-3H3,(H,21,25)(H,22,26,27). The molecule has 1 aromatic carbocycles. The Morgan fingerprint density at radius 1 is 1.25 bits per heavy atom. The second-order valence-corrected chi connectivity index (χ2v) is 6.29. The molecule has 0 atom stereocenters. The summed E-state index contributed by atoms with van der Waals surface area (Å²) in [6, 6.07) is 6.91. The van der Waals surface area contributed by atoms with E-state index in [9.17, 15) is 14.4 Å². The van der Waals surface area contributed by atoms with Gasteiger partial charge >= 0.3 is 5.69 Å². The lowest BCUT2D eigenvalue weighted by Crippen LogP contribution is -2.41. The first-order valence-corrected chi connectivity index (χ1v) is 9.22. The van der Waals surface area contributed by atoms with Crippen molar-refractivity contribution in [2.45, 2.75) is 33.2 Å². The topological polar surface area (TPSA) is 122 Å². The number of aromatic amines is 1. The minimum Gasteiger partial charge on any atom is -0.497 e. The smallest absolute Gasteiger partial charge is 0.330 e. The molecule has 4 N–H and O–H groups in total. The van der Waals surface area contributed by atoms with E-state index < -0.39 is 11.2 Å². The molecule has 1 amide bonds. The fourth-order valence-electron chi connectivity index (χ4n) is 2.82. The van der Waals surface area contributed by atoms with Gasteiger partial charge in [-0.1, -0.05) is 13.3 Å². The zero-order chi connectivity index (χ0) is 20.7. The molecule has 0 spiro atoms. The third-order valence-electron chi connectivity index (χ3n) is 4.36. The summed E-state index contributed by atoms with van der Waals surface area (Å²) in [5, 5.41) is 2.77. The number of rotatable bonds is 9. The van der Waals surface area contributed by atoms with E-state index in [1.807, 2.05) is 6.92 Å². The summed E-state index contributed by atoms with van der Waals surface area (Å²) in [5.74, 6) is 0.445. The van der Waals surface area contributed by atoms with Crippen molar-refractivity contribution in [1.29, 1.82) is 0 Å². The van der Waals surface area contributed by atoms with E-state index in [1.165, 1.54) is 4.57 Å². The van der Waals surface area contributed by atoms with Gasteiger partial charge in [0.15, 0.2) is 0 Å². The number of ether oxygens (including phenoxy) is 1. The predicted octanol–water partition coefficient (Wildman–Crippen LogP) is 1.39. The van der Waals surface area contributed by atoms with E-state index in [1.54, 1.807) is 43.2 Å². The number of benzene rings is 1. The van der Waals surface area contributed by atoms with E-state index in [0.29, 0.717) is 24.5 Å². The number of anilines is 3. The highest BCUT2D eigenvalue weighted by atomic mass is 16.5. The molecule has 28 heavy (non-hydrogen) atoms. The molecular formula is C19H27N5O4. The third kappa shape index (κ3) is 4.93. The van der Waals surface area contributed by atoms with Crippen LogP contribution in [0.5, 0.6) is 5.75 Å². The number of nitrogens with two attached hydrogens (primary N) is 1. The number of carbonyl (C=O) groups is 1. The van der Waals surface area contributed by atoms with Crippen LogP contribution in [-0.4, -0.2) is 35.7 Å². The van der Waals surface area contributed by atoms with E-state index in [2.05, 4.69) is 10.3 Å². The van der Waals surface area contributed by atoms with E-state index in [-0.39, 0.29) is 24.0 Å². The Labute approximate surface area is 163 Å². The zero-order valence-electron chi connectivity index (χ0n) is 16.4. The SMILES string of the molecule is CCCCn1c(N)c(N(CC)CC(=O)Nc2ccc(OC)cc2)c(=O)[nH]c1=O. The minimum absolute atomic E-state index is 0.0706. The van der Waals surface area contributed by atoms with E-state index in [0.717, 1.165) is 12.8 Å². The van der Waals surface area contributed by atoms with E-state index in [4.69, 9.17) is 10.5 Å². The number of amides is 1. The first kappa shape index (κ1) is 21.1. The van der Waals surface area contributed by atoms with Crippen molar-refractivity contribution in [3.63, 3.8) is 0 Å². The maximum absolute atomic E-state index is 12.5. The van der Waals surface area contributed by atoms with Crippen molar-refractivity contribution >= 4 is 23.1 Å². The normalized spacial score (nSPS) is 10.5. The molecule has 0 unspecified atom stereocenters. The van der Waals surface area contributed by atoms with Gasteiger partial charge in [0.05, 0.1) is 13.7 Å². The molecule has 9 heteroatoms. The molecule has 2 rings (SSSR count). The number of aromatic nitrogens is 2. The van der Waals surface area contributed by atoms with Crippen LogP contribution in [0, 0.1) is 0 Å². The molecule has 0 aliphatic carbocycles. The highest BCUT2D eigenvalue weighted by Gasteiger charge is 2.20. The van der Waals surface area contributed by atoms with Crippen LogP contribution in [0.25, 0.3) is 0 Å². The minimum atomic E-state index is -0.602. The lowest BCUT2D eigenvalue weighted by atomic mass is 10.3. The molecule has 1 aromatic heterocycles. The number of nitrogen functional groups attached to an aromatic ring is 1. The van der Waals surface area contributed by atoms with Crippen molar-refractivity contribution in [1.82, 2.24) is 9.55 Å². The number of H-pyrrole nitrogens is 1. The van der Waals surface area contributed by atoms with Gasteiger partial charge < -0.3 is 20.7 Å². The fourth-order valence-corrected chi connectivity index (χ4v) is 2.82. The predicted molar refractivity (Wildman–Crippen MR) is 110 cm³/mol. The van der Waals surface area contributed by atoms with Crippen LogP contribution in [0.3, 0.4) is 0 Å². The summed E-state index contributed by atoms with van der Waals surface area (Å²) in [6.45, 7) is 4.49. The first-order chi connectivity index (χ1) is 13.4. The first-order valence-electron chi connectivity index (χ1n) is 9.22. The maximum Gasteiger partial charge on any atom is 0.330 e. The number of nitrogens with one attached hydrogen (secondary N) is 2. The number of nitrogens with zero attached hydrogens (tertiary/aromatic N) is 2. The molecule has 0 saturated heterocycles. The average Bonchev–Trinajstić information content (AvgIpc) is 2.67. The van der Waals surface area contributed by atoms with Crippen LogP contribution in [0.1, 0.15) is 26.7 Å². The van der Waals surface area contributed by atoms with Crippen LogP contribution in [0.15, 0.2) is 33.9 Å². The lowest BCUT2D eigenvalue weighted by Gasteiger charge is -2.24. The second kappa shape index (κ2) is 9.63. The Balaban J connectivity index is 2.23. The summed E-state index contributed by atoms with van der Waals surface area (Å²) in [5.41, 5.74) is 5.71. The Morgan fingerprint density at radius 3 is 2.50 bits per heavy atom. The summed E-state index contributed by atoms with van der Waals surface area (Å²) in [6.07, 6.45) is 1.63. The van der Waals surface area contributed by atoms with Crippen molar-refractivity contribution in [3.8, 4) is 5.75 Å². The molecule has 0 saturated carbocycles. The van der Waals surface area contributed by atoms with Gasteiger partial charge in [-0.05, 0) is 37.6 Å². The number of methoxy groups -OCH3 is 1. The highest BCUT2D eigenvalue weighted by molar-refractivity contribution is 5.94. The Kier molecular flexibility index (Phi) is 7.25. The monoisotopic (exact) mass is 389 g/mol. The number of likely N-dealkylation sites (N-methyl/N-ethyl adjacent to an activating group) is 1. The maximum atomic E-state index is 12.5. The molecule has 0 aliphatic rings. The van der Waals surface area contributed by atoms with Crippen LogP contribution in [0.2, 0.25) is 0 Å². The molecule has 152 valence electrons. The van der Waals surface area contributed by atoms with E-state index >= 15 is 0 Å². The summed E-state index contributed by atoms with van der Waals surface area (Å²) in [7, 11) is 1.56. The Hall–Kier alpha value is -3.23. The summed E-state index contributed by atoms with van der Waals surface area (Å²) in [4.78, 5) is 40.7. The van der Waals surface area contributed by atoms with Gasteiger partial charge in [0.2, 0.25) is 5.91 Å². The molecule has 9 nitrogen and oxygen atoms in total. The molecule has 0 aliphatic heterocycles. The summed E-state index contributed by atoms with van der Waals surface area (Å²) < 4.78 is 6.43. The fraction of sp³-hybridized carbons (Fsp3) is 0.421. The van der Waals surface area contributed by atoms with Crippen molar-refractivity contribution in [3.05, 3.63) is 45.1 Å². The zero-order valence-corrected chi connectivity index (χ0v) is 16.4. The van der Waals surface area contributed by atoms with Crippen molar-refractivity contribution in [2.75, 3.05) is 36.1 Å². The van der Waals surface area contributed by atoms with Crippen LogP contribution >= 0.6 is 0 Å². The van der Waals surface area contributed by atoms with Crippen LogP contribution < -0.4 is 31.9 Å². The number of carbonyl (C=O) groups excluding carboxylic acids is 1. The van der Waals surface area contributed by atoms with Gasteiger partial charge in [-0.15, -0.1) is 0 Å². The molecule has 2 aromatic rings. The second-order valence-electron chi connectivity index (χ2n) is 6.29. The number of unbranched alkanes of at least 4 members (excludes halogenated alkanes) is 1. The van der Waals surface area contributed by atoms with Crippen molar-refractivity contribution in [2.24, 2.45) is 0 Å². The van der Waals surface area contributed by atoms with Gasteiger partial charge in [-0.25, -0.2) is 4.79 Å². The average molecular weight is 389 g/mol. The lowest BCUT2D eigenvalue weighted by molar-refractivity contribution is -0.115. The van der Waals surface area contributed by atoms with Gasteiger partial charge in [0.1, 0.15) is 17.3 Å². The van der Waals surface area contributed by atoms with Gasteiger partial charge in [0, 0.05) is 18.8 Å². The Bertz CT molecular complexity index is 917. The van der Waals surface area contributed by atoms with Crippen molar-refractivity contribution < 1.29 is 9.53 Å². The molecule has 0 radical (unpaired) electrons. The third-order valence-corrected chi connectivity index (χ3v) is 4.36. The largest absolute Gasteiger partial charge is 0.497 e. The summed E-state index contributed by atoms with van der Waals surface area (Å²) >= 11 is 0. The quantitative estimate of drug-likeness (QED) is 0.596. The molecule has 0 fully saturated rings. The van der Waals surface area contributed by atoms with Gasteiger partial charge in [0.25, 0.3) is 5.56 Å². The van der Waals surface area contributed by atoms with Crippen LogP contribution in [-0.2, 0) is 11.3 Å². The van der Waals surface area contributed by atoms with Gasteiger partial charge in [-0.3, -0.25) is 19.1 Å². The van der Waals surface area contributed by atoms with Crippen LogP contribution in [0.4, 0.5) is 17.2 Å². The molecule has 0 bridgehead atoms. The molecule has 1 heterocycles.